The van der Waals surface area contributed by atoms with Crippen LogP contribution in [0.15, 0.2) is 30.5 Å². The Morgan fingerprint density at radius 2 is 1.90 bits per heavy atom. The SMILES string of the molecule is O=C(Nc1cc(Cl)cc(CN2CCCCC2)c1)c1cc(N2CCCS2)ncc1Cl. The van der Waals surface area contributed by atoms with Gasteiger partial charge in [-0.05, 0) is 74.1 Å². The Morgan fingerprint density at radius 3 is 2.66 bits per heavy atom. The average molecular weight is 451 g/mol. The number of rotatable bonds is 5. The maximum atomic E-state index is 12.9. The molecule has 2 saturated heterocycles. The lowest BCUT2D eigenvalue weighted by Crippen LogP contribution is -2.29. The molecule has 0 spiro atoms. The summed E-state index contributed by atoms with van der Waals surface area (Å²) >= 11 is 14.3. The molecule has 154 valence electrons. The summed E-state index contributed by atoms with van der Waals surface area (Å²) < 4.78 is 2.10. The second-order valence-electron chi connectivity index (χ2n) is 7.45. The predicted molar refractivity (Wildman–Crippen MR) is 122 cm³/mol. The van der Waals surface area contributed by atoms with Crippen molar-refractivity contribution in [2.24, 2.45) is 0 Å². The van der Waals surface area contributed by atoms with E-state index in [1.165, 1.54) is 19.3 Å². The quantitative estimate of drug-likeness (QED) is 0.610. The molecule has 2 fully saturated rings. The molecule has 2 aromatic rings. The highest BCUT2D eigenvalue weighted by molar-refractivity contribution is 8.00. The minimum absolute atomic E-state index is 0.256. The van der Waals surface area contributed by atoms with Crippen molar-refractivity contribution >= 4 is 52.6 Å². The Morgan fingerprint density at radius 1 is 1.07 bits per heavy atom. The lowest BCUT2D eigenvalue weighted by molar-refractivity contribution is 0.102. The Kier molecular flexibility index (Phi) is 6.85. The first-order valence-corrected chi connectivity index (χ1v) is 11.7. The first-order valence-electron chi connectivity index (χ1n) is 9.98. The van der Waals surface area contributed by atoms with E-state index in [4.69, 9.17) is 23.2 Å². The summed E-state index contributed by atoms with van der Waals surface area (Å²) in [7, 11) is 0. The van der Waals surface area contributed by atoms with Gasteiger partial charge >= 0.3 is 0 Å². The van der Waals surface area contributed by atoms with Crippen LogP contribution in [0.5, 0.6) is 0 Å². The number of nitrogens with zero attached hydrogens (tertiary/aromatic N) is 3. The van der Waals surface area contributed by atoms with Gasteiger partial charge in [0.25, 0.3) is 5.91 Å². The molecular weight excluding hydrogens is 427 g/mol. The number of likely N-dealkylation sites (tertiary alicyclic amines) is 1. The highest BCUT2D eigenvalue weighted by atomic mass is 35.5. The van der Waals surface area contributed by atoms with Crippen LogP contribution in [0.3, 0.4) is 0 Å². The van der Waals surface area contributed by atoms with Crippen LogP contribution >= 0.6 is 35.1 Å². The van der Waals surface area contributed by atoms with Crippen molar-refractivity contribution in [3.8, 4) is 0 Å². The van der Waals surface area contributed by atoms with Crippen molar-refractivity contribution in [1.82, 2.24) is 9.88 Å². The number of aromatic nitrogens is 1. The second-order valence-corrected chi connectivity index (χ2v) is 9.40. The fourth-order valence-electron chi connectivity index (χ4n) is 3.75. The molecule has 2 aliphatic rings. The number of piperidine rings is 1. The standard InChI is InChI=1S/C21H24Cl2N4OS/c22-16-9-15(14-26-5-2-1-3-6-26)10-17(11-16)25-21(28)18-12-20(24-13-19(18)23)27-7-4-8-29-27/h9-13H,1-8,14H2,(H,25,28). The number of hydrogen-bond donors (Lipinski definition) is 1. The van der Waals surface area contributed by atoms with Crippen LogP contribution in [0.25, 0.3) is 0 Å². The predicted octanol–water partition coefficient (Wildman–Crippen LogP) is 5.48. The van der Waals surface area contributed by atoms with E-state index in [9.17, 15) is 4.79 Å². The van der Waals surface area contributed by atoms with Gasteiger partial charge in [0, 0.05) is 35.7 Å². The molecule has 0 saturated carbocycles. The number of pyridine rings is 1. The first kappa shape index (κ1) is 20.8. The number of nitrogens with one attached hydrogen (secondary N) is 1. The molecule has 4 rings (SSSR count). The number of carbonyl (C=O) groups is 1. The lowest BCUT2D eigenvalue weighted by Gasteiger charge is -2.26. The van der Waals surface area contributed by atoms with E-state index in [0.717, 1.165) is 49.7 Å². The second kappa shape index (κ2) is 9.56. The van der Waals surface area contributed by atoms with Gasteiger partial charge in [0.05, 0.1) is 10.6 Å². The molecule has 0 aliphatic carbocycles. The van der Waals surface area contributed by atoms with Crippen LogP contribution in [-0.4, -0.2) is 41.2 Å². The topological polar surface area (TPSA) is 48.5 Å². The Hall–Kier alpha value is -1.47. The molecule has 0 bridgehead atoms. The molecule has 0 radical (unpaired) electrons. The fraction of sp³-hybridized carbons (Fsp3) is 0.429. The van der Waals surface area contributed by atoms with Crippen LogP contribution in [0, 0.1) is 0 Å². The maximum absolute atomic E-state index is 12.9. The van der Waals surface area contributed by atoms with E-state index in [2.05, 4.69) is 19.5 Å². The molecule has 0 atom stereocenters. The van der Waals surface area contributed by atoms with Gasteiger partial charge in [-0.15, -0.1) is 0 Å². The summed E-state index contributed by atoms with van der Waals surface area (Å²) in [5.41, 5.74) is 2.20. The molecule has 8 heteroatoms. The molecule has 1 N–H and O–H groups in total. The van der Waals surface area contributed by atoms with E-state index in [1.807, 2.05) is 12.1 Å². The first-order chi connectivity index (χ1) is 14.1. The largest absolute Gasteiger partial charge is 0.322 e. The van der Waals surface area contributed by atoms with E-state index in [1.54, 1.807) is 30.3 Å². The lowest BCUT2D eigenvalue weighted by atomic mass is 10.1. The van der Waals surface area contributed by atoms with Gasteiger partial charge in [-0.2, -0.15) is 0 Å². The third-order valence-corrected chi connectivity index (χ3v) is 6.84. The Bertz CT molecular complexity index is 883. The molecule has 5 nitrogen and oxygen atoms in total. The monoisotopic (exact) mass is 450 g/mol. The van der Waals surface area contributed by atoms with Crippen molar-refractivity contribution in [2.45, 2.75) is 32.2 Å². The van der Waals surface area contributed by atoms with Gasteiger partial charge in [-0.1, -0.05) is 29.6 Å². The van der Waals surface area contributed by atoms with Gasteiger partial charge < -0.3 is 9.62 Å². The van der Waals surface area contributed by atoms with E-state index < -0.39 is 0 Å². The highest BCUT2D eigenvalue weighted by Crippen LogP contribution is 2.30. The smallest absolute Gasteiger partial charge is 0.257 e. The zero-order chi connectivity index (χ0) is 20.2. The molecule has 1 aromatic carbocycles. The van der Waals surface area contributed by atoms with Gasteiger partial charge in [0.2, 0.25) is 0 Å². The molecular formula is C21H24Cl2N4OS. The average Bonchev–Trinajstić information content (AvgIpc) is 3.23. The minimum Gasteiger partial charge on any atom is -0.322 e. The van der Waals surface area contributed by atoms with Gasteiger partial charge in [-0.3, -0.25) is 9.69 Å². The van der Waals surface area contributed by atoms with Crippen molar-refractivity contribution < 1.29 is 4.79 Å². The summed E-state index contributed by atoms with van der Waals surface area (Å²) in [6.07, 6.45) is 6.44. The summed E-state index contributed by atoms with van der Waals surface area (Å²) in [6, 6.07) is 7.49. The van der Waals surface area contributed by atoms with Crippen LogP contribution in [0.1, 0.15) is 41.6 Å². The van der Waals surface area contributed by atoms with E-state index in [0.29, 0.717) is 21.3 Å². The van der Waals surface area contributed by atoms with E-state index in [-0.39, 0.29) is 5.91 Å². The molecule has 3 heterocycles. The minimum atomic E-state index is -0.256. The summed E-state index contributed by atoms with van der Waals surface area (Å²) in [5, 5.41) is 3.91. The van der Waals surface area contributed by atoms with Crippen LogP contribution in [0.4, 0.5) is 11.5 Å². The van der Waals surface area contributed by atoms with Crippen molar-refractivity contribution in [1.29, 1.82) is 0 Å². The van der Waals surface area contributed by atoms with E-state index >= 15 is 0 Å². The van der Waals surface area contributed by atoms with Gasteiger partial charge in [0.1, 0.15) is 5.82 Å². The van der Waals surface area contributed by atoms with Crippen molar-refractivity contribution in [3.05, 3.63) is 51.6 Å². The number of halogens is 2. The fourth-order valence-corrected chi connectivity index (χ4v) is 5.17. The molecule has 1 aromatic heterocycles. The molecule has 29 heavy (non-hydrogen) atoms. The number of benzene rings is 1. The Balaban J connectivity index is 1.49. The number of amides is 1. The van der Waals surface area contributed by atoms with Crippen LogP contribution in [0.2, 0.25) is 10.0 Å². The molecule has 0 unspecified atom stereocenters. The number of carbonyl (C=O) groups excluding carboxylic acids is 1. The Labute approximate surface area is 185 Å². The van der Waals surface area contributed by atoms with Crippen molar-refractivity contribution in [2.75, 3.05) is 35.0 Å². The van der Waals surface area contributed by atoms with Crippen LogP contribution < -0.4 is 9.62 Å². The van der Waals surface area contributed by atoms with Gasteiger partial charge in [0.15, 0.2) is 0 Å². The maximum Gasteiger partial charge on any atom is 0.257 e. The van der Waals surface area contributed by atoms with Gasteiger partial charge in [-0.25, -0.2) is 4.98 Å². The number of anilines is 2. The third-order valence-electron chi connectivity index (χ3n) is 5.16. The molecule has 1 amide bonds. The number of hydrogen-bond acceptors (Lipinski definition) is 5. The zero-order valence-corrected chi connectivity index (χ0v) is 18.5. The normalized spacial score (nSPS) is 17.5. The van der Waals surface area contributed by atoms with Crippen molar-refractivity contribution in [3.63, 3.8) is 0 Å². The van der Waals surface area contributed by atoms with Crippen LogP contribution in [-0.2, 0) is 6.54 Å². The summed E-state index contributed by atoms with van der Waals surface area (Å²) in [5.74, 6) is 1.57. The molecule has 2 aliphatic heterocycles. The zero-order valence-electron chi connectivity index (χ0n) is 16.2. The highest BCUT2D eigenvalue weighted by Gasteiger charge is 2.19. The third kappa shape index (κ3) is 5.37. The summed E-state index contributed by atoms with van der Waals surface area (Å²) in [4.78, 5) is 19.7. The summed E-state index contributed by atoms with van der Waals surface area (Å²) in [6.45, 7) is 3.99.